The minimum Gasteiger partial charge on any atom is -0.504 e. The van der Waals surface area contributed by atoms with Crippen molar-refractivity contribution in [1.29, 1.82) is 0 Å². The van der Waals surface area contributed by atoms with Gasteiger partial charge < -0.3 is 14.9 Å². The van der Waals surface area contributed by atoms with E-state index in [-0.39, 0.29) is 35.4 Å². The van der Waals surface area contributed by atoms with E-state index in [1.54, 1.807) is 11.0 Å². The van der Waals surface area contributed by atoms with Gasteiger partial charge in [-0.25, -0.2) is 0 Å². The zero-order valence-electron chi connectivity index (χ0n) is 20.1. The molecule has 2 N–H and O–H groups in total. The Hall–Kier alpha value is -2.12. The van der Waals surface area contributed by atoms with Crippen molar-refractivity contribution >= 4 is 11.8 Å². The van der Waals surface area contributed by atoms with Gasteiger partial charge in [0.15, 0.2) is 11.5 Å². The van der Waals surface area contributed by atoms with Crippen LogP contribution >= 0.6 is 0 Å². The van der Waals surface area contributed by atoms with Gasteiger partial charge in [-0.1, -0.05) is 18.9 Å². The second-order valence-electron chi connectivity index (χ2n) is 12.4. The second kappa shape index (κ2) is 6.80. The maximum absolute atomic E-state index is 13.6. The molecular weight excluding hydrogens is 444 g/mol. The molecule has 7 aliphatic rings. The number of hydrogen-bond donors (Lipinski definition) is 2. The van der Waals surface area contributed by atoms with Crippen LogP contribution in [0.25, 0.3) is 0 Å². The summed E-state index contributed by atoms with van der Waals surface area (Å²) in [5, 5.41) is 23.4. The largest absolute Gasteiger partial charge is 0.504 e. The number of imide groups is 1. The van der Waals surface area contributed by atoms with Crippen LogP contribution in [-0.2, 0) is 21.4 Å². The molecule has 3 aliphatic heterocycles. The minimum atomic E-state index is -0.994. The fourth-order valence-electron chi connectivity index (χ4n) is 9.23. The minimum absolute atomic E-state index is 0.000505. The standard InChI is InChI=1S/C28H34N2O5/c31-20-8-7-16-13-21-28(34)10-9-19(30-25(32)17-3-1-2-4-18(17)26(30)33)24-27(28,22(16)23(20)35-24)11-12-29(21)14-15-5-6-15/h7-8,15,17-19,21,24,31,34H,1-6,9-14H2/t17-,18+,19-,21+,24+,27+,28-/m1/s1. The van der Waals surface area contributed by atoms with Crippen LogP contribution in [0.4, 0.5) is 0 Å². The molecule has 5 fully saturated rings. The van der Waals surface area contributed by atoms with Crippen LogP contribution in [0.5, 0.6) is 11.5 Å². The zero-order valence-corrected chi connectivity index (χ0v) is 20.1. The maximum atomic E-state index is 13.6. The van der Waals surface area contributed by atoms with E-state index in [4.69, 9.17) is 4.74 Å². The first-order valence-electron chi connectivity index (χ1n) is 13.8. The summed E-state index contributed by atoms with van der Waals surface area (Å²) in [7, 11) is 0. The number of nitrogens with zero attached hydrogens (tertiary/aromatic N) is 2. The van der Waals surface area contributed by atoms with Crippen molar-refractivity contribution in [3.63, 3.8) is 0 Å². The monoisotopic (exact) mass is 478 g/mol. The van der Waals surface area contributed by atoms with Gasteiger partial charge in [0.25, 0.3) is 0 Å². The Bertz CT molecular complexity index is 1120. The van der Waals surface area contributed by atoms with Crippen molar-refractivity contribution in [1.82, 2.24) is 9.80 Å². The van der Waals surface area contributed by atoms with Crippen molar-refractivity contribution < 1.29 is 24.5 Å². The molecule has 3 heterocycles. The smallest absolute Gasteiger partial charge is 0.233 e. The number of piperidine rings is 1. The number of phenols is 1. The van der Waals surface area contributed by atoms with Gasteiger partial charge >= 0.3 is 0 Å². The van der Waals surface area contributed by atoms with Crippen LogP contribution < -0.4 is 4.74 Å². The van der Waals surface area contributed by atoms with Gasteiger partial charge in [-0.05, 0) is 75.5 Å². The SMILES string of the molecule is O=C1[C@H]2CCCC[C@H]2C(=O)N1[C@@H]1CC[C@@]2(O)[C@@H]3Cc4ccc(O)c5c4[C@@]2(CCN3CC2CC2)[C@H]1O5. The number of amides is 2. The van der Waals surface area contributed by atoms with Crippen LogP contribution in [0, 0.1) is 17.8 Å². The van der Waals surface area contributed by atoms with E-state index < -0.39 is 23.2 Å². The Morgan fingerprint density at radius 1 is 1.00 bits per heavy atom. The third kappa shape index (κ3) is 2.45. The molecule has 2 saturated heterocycles. The number of aromatic hydroxyl groups is 1. The van der Waals surface area contributed by atoms with E-state index in [0.29, 0.717) is 18.6 Å². The number of carbonyl (C=O) groups excluding carboxylic acids is 2. The quantitative estimate of drug-likeness (QED) is 0.649. The van der Waals surface area contributed by atoms with Crippen LogP contribution in [0.1, 0.15) is 68.9 Å². The molecule has 1 aromatic rings. The molecular formula is C28H34N2O5. The first kappa shape index (κ1) is 21.0. The number of phenolic OH excluding ortho intramolecular Hbond substituents is 1. The highest BCUT2D eigenvalue weighted by atomic mass is 16.5. The second-order valence-corrected chi connectivity index (χ2v) is 12.4. The van der Waals surface area contributed by atoms with Crippen molar-refractivity contribution in [2.24, 2.45) is 17.8 Å². The van der Waals surface area contributed by atoms with E-state index in [0.717, 1.165) is 68.7 Å². The highest BCUT2D eigenvalue weighted by Gasteiger charge is 2.74. The number of fused-ring (bicyclic) bond motifs is 1. The number of carbonyl (C=O) groups is 2. The topological polar surface area (TPSA) is 90.3 Å². The van der Waals surface area contributed by atoms with Crippen LogP contribution in [0.15, 0.2) is 12.1 Å². The summed E-state index contributed by atoms with van der Waals surface area (Å²) in [6.07, 6.45) is 8.20. The Morgan fingerprint density at radius 2 is 1.74 bits per heavy atom. The maximum Gasteiger partial charge on any atom is 0.233 e. The summed E-state index contributed by atoms with van der Waals surface area (Å²) < 4.78 is 6.60. The molecule has 1 spiro atoms. The lowest BCUT2D eigenvalue weighted by Crippen LogP contribution is -2.78. The van der Waals surface area contributed by atoms with Crippen LogP contribution in [-0.4, -0.2) is 68.7 Å². The number of hydrogen-bond acceptors (Lipinski definition) is 6. The number of ether oxygens (including phenoxy) is 1. The van der Waals surface area contributed by atoms with Gasteiger partial charge in [0.05, 0.1) is 28.9 Å². The molecule has 4 aliphatic carbocycles. The molecule has 0 radical (unpaired) electrons. The van der Waals surface area contributed by atoms with E-state index in [9.17, 15) is 19.8 Å². The Balaban J connectivity index is 1.25. The van der Waals surface area contributed by atoms with Gasteiger partial charge in [0.1, 0.15) is 6.10 Å². The van der Waals surface area contributed by atoms with Gasteiger partial charge in [-0.3, -0.25) is 19.4 Å². The van der Waals surface area contributed by atoms with Crippen molar-refractivity contribution in [3.8, 4) is 11.5 Å². The third-order valence-corrected chi connectivity index (χ3v) is 10.9. The summed E-state index contributed by atoms with van der Waals surface area (Å²) in [6.45, 7) is 1.91. The van der Waals surface area contributed by atoms with Gasteiger partial charge in [-0.2, -0.15) is 0 Å². The summed E-state index contributed by atoms with van der Waals surface area (Å²) in [5.41, 5.74) is 0.403. The molecule has 2 bridgehead atoms. The molecule has 2 amide bonds. The molecule has 8 rings (SSSR count). The molecule has 0 unspecified atom stereocenters. The van der Waals surface area contributed by atoms with Crippen LogP contribution in [0.2, 0.25) is 0 Å². The molecule has 7 atom stereocenters. The first-order chi connectivity index (χ1) is 16.9. The van der Waals surface area contributed by atoms with E-state index >= 15 is 0 Å². The summed E-state index contributed by atoms with van der Waals surface area (Å²) in [6, 6.07) is 3.32. The molecule has 0 aromatic heterocycles. The van der Waals surface area contributed by atoms with Gasteiger partial charge in [-0.15, -0.1) is 0 Å². The summed E-state index contributed by atoms with van der Waals surface area (Å²) in [4.78, 5) is 31.3. The summed E-state index contributed by atoms with van der Waals surface area (Å²) in [5.74, 6) is 0.856. The highest BCUT2D eigenvalue weighted by molar-refractivity contribution is 6.05. The average Bonchev–Trinajstić information content (AvgIpc) is 3.54. The normalized spacial score (nSPS) is 43.7. The van der Waals surface area contributed by atoms with Gasteiger partial charge in [0.2, 0.25) is 11.8 Å². The predicted octanol–water partition coefficient (Wildman–Crippen LogP) is 2.50. The number of benzene rings is 1. The number of likely N-dealkylation sites (tertiary alicyclic amines) is 2. The Morgan fingerprint density at radius 3 is 2.46 bits per heavy atom. The predicted molar refractivity (Wildman–Crippen MR) is 126 cm³/mol. The van der Waals surface area contributed by atoms with Crippen molar-refractivity contribution in [2.75, 3.05) is 13.1 Å². The molecule has 186 valence electrons. The fourth-order valence-corrected chi connectivity index (χ4v) is 9.23. The summed E-state index contributed by atoms with van der Waals surface area (Å²) >= 11 is 0. The number of rotatable bonds is 3. The molecule has 1 aromatic carbocycles. The first-order valence-corrected chi connectivity index (χ1v) is 13.8. The van der Waals surface area contributed by atoms with E-state index in [2.05, 4.69) is 4.90 Å². The third-order valence-electron chi connectivity index (χ3n) is 10.9. The number of aliphatic hydroxyl groups is 1. The lowest BCUT2D eigenvalue weighted by atomic mass is 9.48. The Kier molecular flexibility index (Phi) is 4.08. The average molecular weight is 479 g/mol. The van der Waals surface area contributed by atoms with E-state index in [1.165, 1.54) is 12.8 Å². The highest BCUT2D eigenvalue weighted by Crippen LogP contribution is 2.66. The fraction of sp³-hybridized carbons (Fsp3) is 0.714. The zero-order chi connectivity index (χ0) is 23.7. The lowest BCUT2D eigenvalue weighted by Gasteiger charge is -2.64. The lowest BCUT2D eigenvalue weighted by molar-refractivity contribution is -0.201. The Labute approximate surface area is 205 Å². The molecule has 35 heavy (non-hydrogen) atoms. The van der Waals surface area contributed by atoms with Crippen LogP contribution in [0.3, 0.4) is 0 Å². The van der Waals surface area contributed by atoms with Gasteiger partial charge in [0, 0.05) is 18.2 Å². The molecule has 3 saturated carbocycles. The molecule has 7 nitrogen and oxygen atoms in total. The molecule has 7 heteroatoms. The van der Waals surface area contributed by atoms with Crippen molar-refractivity contribution in [3.05, 3.63) is 23.3 Å². The van der Waals surface area contributed by atoms with E-state index in [1.807, 2.05) is 6.07 Å². The van der Waals surface area contributed by atoms with Crippen molar-refractivity contribution in [2.45, 2.75) is 93.4 Å².